The summed E-state index contributed by atoms with van der Waals surface area (Å²) in [6, 6.07) is 11.2. The summed E-state index contributed by atoms with van der Waals surface area (Å²) in [7, 11) is 0. The van der Waals surface area contributed by atoms with E-state index in [1.54, 1.807) is 24.3 Å². The van der Waals surface area contributed by atoms with E-state index in [0.717, 1.165) is 11.1 Å². The fourth-order valence-electron chi connectivity index (χ4n) is 3.01. The first-order valence-corrected chi connectivity index (χ1v) is 8.63. The fraction of sp³-hybridized carbons (Fsp3) is 0.263. The van der Waals surface area contributed by atoms with Gasteiger partial charge in [-0.05, 0) is 24.3 Å². The maximum absolute atomic E-state index is 13.5. The Morgan fingerprint density at radius 3 is 2.43 bits per heavy atom. The van der Waals surface area contributed by atoms with Gasteiger partial charge in [-0.1, -0.05) is 18.2 Å². The van der Waals surface area contributed by atoms with E-state index in [-0.39, 0.29) is 11.4 Å². The van der Waals surface area contributed by atoms with E-state index >= 15 is 0 Å². The van der Waals surface area contributed by atoms with Crippen molar-refractivity contribution in [2.24, 2.45) is 5.10 Å². The molecule has 0 aliphatic carbocycles. The number of amides is 1. The number of morpholine rings is 1. The van der Waals surface area contributed by atoms with Crippen LogP contribution in [-0.4, -0.2) is 44.1 Å². The van der Waals surface area contributed by atoms with Crippen molar-refractivity contribution in [3.63, 3.8) is 0 Å². The first-order valence-electron chi connectivity index (χ1n) is 8.63. The molecule has 0 N–H and O–H groups in total. The molecule has 1 aromatic heterocycles. The lowest BCUT2D eigenvalue weighted by Gasteiger charge is -2.26. The monoisotopic (exact) mass is 391 g/mol. The maximum Gasteiger partial charge on any atom is 0.435 e. The van der Waals surface area contributed by atoms with Gasteiger partial charge in [0.25, 0.3) is 5.91 Å². The maximum atomic E-state index is 13.5. The number of carbonyl (C=O) groups is 1. The normalized spacial score (nSPS) is 19.5. The summed E-state index contributed by atoms with van der Waals surface area (Å²) in [5.41, 5.74) is -1.55. The van der Waals surface area contributed by atoms with Crippen LogP contribution in [0, 0.1) is 0 Å². The van der Waals surface area contributed by atoms with Crippen LogP contribution in [0.3, 0.4) is 0 Å². The zero-order chi connectivity index (χ0) is 19.7. The number of alkyl halides is 3. The van der Waals surface area contributed by atoms with Gasteiger partial charge in [-0.3, -0.25) is 4.79 Å². The fourth-order valence-corrected chi connectivity index (χ4v) is 3.01. The number of carbonyl (C=O) groups excluding carboxylic acids is 1. The highest BCUT2D eigenvalue weighted by atomic mass is 19.4. The number of hydrogen-bond acceptors (Lipinski definition) is 5. The Morgan fingerprint density at radius 1 is 1.04 bits per heavy atom. The molecule has 0 spiro atoms. The highest BCUT2D eigenvalue weighted by molar-refractivity contribution is 6.34. The number of para-hydroxylation sites is 1. The van der Waals surface area contributed by atoms with Crippen LogP contribution in [0.2, 0.25) is 0 Å². The van der Waals surface area contributed by atoms with Gasteiger partial charge in [-0.25, -0.2) is 0 Å². The second kappa shape index (κ2) is 7.16. The predicted molar refractivity (Wildman–Crippen MR) is 97.1 cm³/mol. The molecular weight excluding hydrogens is 375 g/mol. The minimum atomic E-state index is -4.77. The average Bonchev–Trinajstić information content (AvgIpc) is 3.29. The number of rotatable bonds is 3. The molecule has 146 valence electrons. The second-order valence-corrected chi connectivity index (χ2v) is 6.23. The third-order valence-electron chi connectivity index (χ3n) is 4.37. The lowest BCUT2D eigenvalue weighted by atomic mass is 10.1. The van der Waals surface area contributed by atoms with Crippen molar-refractivity contribution in [3.05, 3.63) is 53.8 Å². The van der Waals surface area contributed by atoms with Crippen LogP contribution in [0.25, 0.3) is 6.08 Å². The zero-order valence-electron chi connectivity index (χ0n) is 14.6. The number of benzene rings is 1. The highest BCUT2D eigenvalue weighted by Crippen LogP contribution is 2.33. The molecule has 0 bridgehead atoms. The molecule has 0 saturated carbocycles. The quantitative estimate of drug-likeness (QED) is 0.752. The van der Waals surface area contributed by atoms with Gasteiger partial charge in [0.1, 0.15) is 5.76 Å². The molecule has 6 nitrogen and oxygen atoms in total. The molecule has 1 saturated heterocycles. The zero-order valence-corrected chi connectivity index (χ0v) is 14.6. The molecule has 3 heterocycles. The van der Waals surface area contributed by atoms with E-state index in [4.69, 9.17) is 9.15 Å². The van der Waals surface area contributed by atoms with Crippen molar-refractivity contribution < 1.29 is 27.1 Å². The van der Waals surface area contributed by atoms with E-state index in [1.807, 2.05) is 4.90 Å². The van der Waals surface area contributed by atoms with Crippen LogP contribution in [-0.2, 0) is 9.53 Å². The van der Waals surface area contributed by atoms with E-state index in [1.165, 1.54) is 18.2 Å². The number of anilines is 2. The van der Waals surface area contributed by atoms with Crippen molar-refractivity contribution in [2.45, 2.75) is 6.18 Å². The Kier molecular flexibility index (Phi) is 4.68. The van der Waals surface area contributed by atoms with Gasteiger partial charge < -0.3 is 14.1 Å². The smallest absolute Gasteiger partial charge is 0.435 e. The van der Waals surface area contributed by atoms with Gasteiger partial charge in [0.05, 0.1) is 24.5 Å². The van der Waals surface area contributed by atoms with Gasteiger partial charge in [0, 0.05) is 19.2 Å². The molecule has 28 heavy (non-hydrogen) atoms. The Morgan fingerprint density at radius 2 is 1.75 bits per heavy atom. The minimum Gasteiger partial charge on any atom is -0.441 e. The molecular formula is C19H16F3N3O3. The van der Waals surface area contributed by atoms with Crippen LogP contribution >= 0.6 is 0 Å². The summed E-state index contributed by atoms with van der Waals surface area (Å²) < 4.78 is 51.3. The third-order valence-corrected chi connectivity index (χ3v) is 4.37. The average molecular weight is 391 g/mol. The van der Waals surface area contributed by atoms with Gasteiger partial charge in [-0.2, -0.15) is 23.3 Å². The van der Waals surface area contributed by atoms with Crippen LogP contribution in [0.15, 0.2) is 57.6 Å². The standard InChI is InChI=1S/C19H16F3N3O3/c20-19(21,22)17-15(18(26)25(23-17)13-4-2-1-3-5-13)12-14-6-7-16(28-14)24-8-10-27-11-9-24/h1-7,12H,8-11H2/b15-12-. The van der Waals surface area contributed by atoms with Crippen LogP contribution in [0.4, 0.5) is 24.7 Å². The molecule has 2 aromatic rings. The summed E-state index contributed by atoms with van der Waals surface area (Å²) in [5.74, 6) is -0.189. The van der Waals surface area contributed by atoms with Gasteiger partial charge in [0.2, 0.25) is 0 Å². The summed E-state index contributed by atoms with van der Waals surface area (Å²) in [4.78, 5) is 14.6. The van der Waals surface area contributed by atoms with E-state index in [9.17, 15) is 18.0 Å². The van der Waals surface area contributed by atoms with Gasteiger partial charge in [-0.15, -0.1) is 0 Å². The molecule has 0 atom stereocenters. The van der Waals surface area contributed by atoms with Crippen molar-refractivity contribution in [1.29, 1.82) is 0 Å². The largest absolute Gasteiger partial charge is 0.441 e. The third kappa shape index (κ3) is 3.53. The predicted octanol–water partition coefficient (Wildman–Crippen LogP) is 3.46. The first kappa shape index (κ1) is 18.3. The summed E-state index contributed by atoms with van der Waals surface area (Å²) in [5, 5.41) is 4.27. The number of furan rings is 1. The molecule has 1 fully saturated rings. The Labute approximate surface area is 158 Å². The first-order chi connectivity index (χ1) is 13.4. The van der Waals surface area contributed by atoms with Crippen LogP contribution < -0.4 is 9.91 Å². The van der Waals surface area contributed by atoms with E-state index in [0.29, 0.717) is 32.2 Å². The Bertz CT molecular complexity index is 929. The summed E-state index contributed by atoms with van der Waals surface area (Å²) in [6.07, 6.45) is -3.69. The summed E-state index contributed by atoms with van der Waals surface area (Å²) >= 11 is 0. The second-order valence-electron chi connectivity index (χ2n) is 6.23. The molecule has 0 unspecified atom stereocenters. The lowest BCUT2D eigenvalue weighted by molar-refractivity contribution is -0.114. The molecule has 2 aliphatic heterocycles. The Hall–Kier alpha value is -3.07. The van der Waals surface area contributed by atoms with Crippen molar-refractivity contribution in [1.82, 2.24) is 0 Å². The van der Waals surface area contributed by atoms with Gasteiger partial charge >= 0.3 is 6.18 Å². The van der Waals surface area contributed by atoms with Crippen LogP contribution in [0.5, 0.6) is 0 Å². The Balaban J connectivity index is 1.66. The highest BCUT2D eigenvalue weighted by Gasteiger charge is 2.47. The lowest BCUT2D eigenvalue weighted by Crippen LogP contribution is -2.35. The molecule has 4 rings (SSSR count). The van der Waals surface area contributed by atoms with Crippen LogP contribution in [0.1, 0.15) is 5.76 Å². The summed E-state index contributed by atoms with van der Waals surface area (Å²) in [6.45, 7) is 2.35. The molecule has 2 aliphatic rings. The number of halogens is 3. The molecule has 0 radical (unpaired) electrons. The number of nitrogens with zero attached hydrogens (tertiary/aromatic N) is 3. The molecule has 1 aromatic carbocycles. The molecule has 9 heteroatoms. The van der Waals surface area contributed by atoms with E-state index in [2.05, 4.69) is 5.10 Å². The van der Waals surface area contributed by atoms with E-state index < -0.39 is 23.4 Å². The van der Waals surface area contributed by atoms with Crippen molar-refractivity contribution in [3.8, 4) is 0 Å². The molecule has 1 amide bonds. The van der Waals surface area contributed by atoms with Crippen molar-refractivity contribution in [2.75, 3.05) is 36.2 Å². The number of ether oxygens (including phenoxy) is 1. The number of hydrogen-bond donors (Lipinski definition) is 0. The SMILES string of the molecule is O=C1/C(=C\c2ccc(N3CCOCC3)o2)C(C(F)(F)F)=NN1c1ccccc1. The van der Waals surface area contributed by atoms with Gasteiger partial charge in [0.15, 0.2) is 11.6 Å². The van der Waals surface area contributed by atoms with Crippen molar-refractivity contribution >= 4 is 29.3 Å². The topological polar surface area (TPSA) is 58.3 Å². The minimum absolute atomic E-state index is 0.150. The number of hydrazone groups is 1.